The van der Waals surface area contributed by atoms with Crippen LogP contribution in [0.4, 0.5) is 0 Å². The maximum Gasteiger partial charge on any atom is 0.147 e. The fourth-order valence-corrected chi connectivity index (χ4v) is 3.11. The first kappa shape index (κ1) is 15.3. The summed E-state index contributed by atoms with van der Waals surface area (Å²) in [6.45, 7) is 4.68. The molecular weight excluding hydrogens is 366 g/mol. The maximum atomic E-state index is 5.73. The van der Waals surface area contributed by atoms with Crippen molar-refractivity contribution in [3.63, 3.8) is 0 Å². The third-order valence-corrected chi connectivity index (χ3v) is 3.92. The van der Waals surface area contributed by atoms with E-state index in [-0.39, 0.29) is 0 Å². The van der Waals surface area contributed by atoms with E-state index in [1.807, 2.05) is 0 Å². The van der Waals surface area contributed by atoms with Gasteiger partial charge in [0.25, 0.3) is 0 Å². The van der Waals surface area contributed by atoms with E-state index in [0.717, 1.165) is 40.1 Å². The largest absolute Gasteiger partial charge is 0.490 e. The number of nitrogens with one attached hydrogen (secondary N) is 1. The smallest absolute Gasteiger partial charge is 0.147 e. The highest BCUT2D eigenvalue weighted by Gasteiger charge is 2.08. The molecule has 1 aromatic carbocycles. The van der Waals surface area contributed by atoms with Gasteiger partial charge < -0.3 is 10.1 Å². The molecule has 17 heavy (non-hydrogen) atoms. The Morgan fingerprint density at radius 1 is 1.29 bits per heavy atom. The van der Waals surface area contributed by atoms with Crippen molar-refractivity contribution in [2.24, 2.45) is 0 Å². The van der Waals surface area contributed by atoms with Crippen LogP contribution >= 0.6 is 43.6 Å². The molecule has 0 aliphatic carbocycles. The average Bonchev–Trinajstić information content (AvgIpc) is 2.30. The zero-order valence-corrected chi connectivity index (χ0v) is 14.0. The van der Waals surface area contributed by atoms with Gasteiger partial charge in [0.15, 0.2) is 0 Å². The Bertz CT molecular complexity index is 337. The second kappa shape index (κ2) is 8.40. The number of rotatable bonds is 7. The number of thioether (sulfide) groups is 1. The lowest BCUT2D eigenvalue weighted by atomic mass is 10.2. The second-order valence-corrected chi connectivity index (χ2v) is 6.20. The summed E-state index contributed by atoms with van der Waals surface area (Å²) in [5, 5.41) is 3.30. The SMILES string of the molecule is CCNCc1cc(Br)c(OCCSC)c(Br)c1. The minimum Gasteiger partial charge on any atom is -0.490 e. The van der Waals surface area contributed by atoms with Crippen molar-refractivity contribution in [3.8, 4) is 5.75 Å². The Balaban J connectivity index is 2.72. The van der Waals surface area contributed by atoms with Crippen LogP contribution in [0.1, 0.15) is 12.5 Å². The minimum atomic E-state index is 0.727. The molecule has 0 unspecified atom stereocenters. The molecule has 0 aliphatic rings. The van der Waals surface area contributed by atoms with Crippen LogP contribution < -0.4 is 10.1 Å². The molecule has 1 aromatic rings. The van der Waals surface area contributed by atoms with E-state index >= 15 is 0 Å². The van der Waals surface area contributed by atoms with E-state index in [1.165, 1.54) is 5.56 Å². The van der Waals surface area contributed by atoms with Crippen molar-refractivity contribution in [2.45, 2.75) is 13.5 Å². The molecule has 0 aliphatic heterocycles. The van der Waals surface area contributed by atoms with Crippen molar-refractivity contribution in [3.05, 3.63) is 26.6 Å². The molecule has 0 fully saturated rings. The summed E-state index contributed by atoms with van der Waals surface area (Å²) in [7, 11) is 0. The van der Waals surface area contributed by atoms with E-state index < -0.39 is 0 Å². The van der Waals surface area contributed by atoms with Gasteiger partial charge >= 0.3 is 0 Å². The maximum absolute atomic E-state index is 5.73. The molecule has 5 heteroatoms. The fraction of sp³-hybridized carbons (Fsp3) is 0.500. The molecule has 0 aromatic heterocycles. The molecular formula is C12H17Br2NOS. The van der Waals surface area contributed by atoms with Crippen molar-refractivity contribution in [1.29, 1.82) is 0 Å². The van der Waals surface area contributed by atoms with Crippen molar-refractivity contribution in [2.75, 3.05) is 25.2 Å². The molecule has 0 radical (unpaired) electrons. The molecule has 0 spiro atoms. The summed E-state index contributed by atoms with van der Waals surface area (Å²) in [5.41, 5.74) is 1.24. The first-order chi connectivity index (χ1) is 8.19. The van der Waals surface area contributed by atoms with Crippen LogP contribution in [-0.4, -0.2) is 25.2 Å². The first-order valence-electron chi connectivity index (χ1n) is 5.49. The van der Waals surface area contributed by atoms with Gasteiger partial charge in [-0.15, -0.1) is 0 Å². The van der Waals surface area contributed by atoms with Gasteiger partial charge in [-0.1, -0.05) is 6.92 Å². The third-order valence-electron chi connectivity index (χ3n) is 2.17. The number of hydrogen-bond acceptors (Lipinski definition) is 3. The Kier molecular flexibility index (Phi) is 7.59. The van der Waals surface area contributed by atoms with Crippen LogP contribution in [0.5, 0.6) is 5.75 Å². The number of benzene rings is 1. The zero-order chi connectivity index (χ0) is 12.7. The highest BCUT2D eigenvalue weighted by atomic mass is 79.9. The third kappa shape index (κ3) is 5.20. The van der Waals surface area contributed by atoms with Crippen LogP contribution in [0.25, 0.3) is 0 Å². The molecule has 0 heterocycles. The van der Waals surface area contributed by atoms with Gasteiger partial charge in [-0.05, 0) is 62.4 Å². The molecule has 0 bridgehead atoms. The van der Waals surface area contributed by atoms with E-state index in [1.54, 1.807) is 11.8 Å². The Morgan fingerprint density at radius 3 is 2.47 bits per heavy atom. The number of hydrogen-bond donors (Lipinski definition) is 1. The second-order valence-electron chi connectivity index (χ2n) is 3.51. The van der Waals surface area contributed by atoms with Gasteiger partial charge in [-0.2, -0.15) is 11.8 Å². The normalized spacial score (nSPS) is 10.6. The highest BCUT2D eigenvalue weighted by Crippen LogP contribution is 2.34. The highest BCUT2D eigenvalue weighted by molar-refractivity contribution is 9.11. The van der Waals surface area contributed by atoms with Crippen LogP contribution in [-0.2, 0) is 6.54 Å². The van der Waals surface area contributed by atoms with E-state index in [4.69, 9.17) is 4.74 Å². The van der Waals surface area contributed by atoms with Crippen LogP contribution in [0.15, 0.2) is 21.1 Å². The van der Waals surface area contributed by atoms with Crippen LogP contribution in [0, 0.1) is 0 Å². The Hall–Kier alpha value is 0.290. The van der Waals surface area contributed by atoms with Gasteiger partial charge in [0.1, 0.15) is 5.75 Å². The van der Waals surface area contributed by atoms with Crippen LogP contribution in [0.2, 0.25) is 0 Å². The lowest BCUT2D eigenvalue weighted by molar-refractivity contribution is 0.339. The van der Waals surface area contributed by atoms with Crippen molar-refractivity contribution in [1.82, 2.24) is 5.32 Å². The lowest BCUT2D eigenvalue weighted by Crippen LogP contribution is -2.12. The molecule has 0 amide bonds. The fourth-order valence-electron chi connectivity index (χ4n) is 1.35. The van der Waals surface area contributed by atoms with E-state index in [9.17, 15) is 0 Å². The Labute approximate surface area is 124 Å². The Morgan fingerprint density at radius 2 is 1.94 bits per heavy atom. The zero-order valence-electron chi connectivity index (χ0n) is 10.1. The van der Waals surface area contributed by atoms with Crippen molar-refractivity contribution >= 4 is 43.6 Å². The topological polar surface area (TPSA) is 21.3 Å². The summed E-state index contributed by atoms with van der Waals surface area (Å²) in [4.78, 5) is 0. The molecule has 2 nitrogen and oxygen atoms in total. The predicted octanol–water partition coefficient (Wildman–Crippen LogP) is 4.06. The standard InChI is InChI=1S/C12H17Br2NOS/c1-3-15-8-9-6-10(13)12(11(14)7-9)16-4-5-17-2/h6-7,15H,3-5,8H2,1-2H3. The molecule has 1 N–H and O–H groups in total. The summed E-state index contributed by atoms with van der Waals surface area (Å²) in [6, 6.07) is 4.20. The van der Waals surface area contributed by atoms with Gasteiger partial charge in [-0.3, -0.25) is 0 Å². The predicted molar refractivity (Wildman–Crippen MR) is 83.1 cm³/mol. The monoisotopic (exact) mass is 381 g/mol. The van der Waals surface area contributed by atoms with Gasteiger partial charge in [0.2, 0.25) is 0 Å². The molecule has 96 valence electrons. The lowest BCUT2D eigenvalue weighted by Gasteiger charge is -2.12. The quantitative estimate of drug-likeness (QED) is 0.718. The van der Waals surface area contributed by atoms with Gasteiger partial charge in [0, 0.05) is 12.3 Å². The van der Waals surface area contributed by atoms with Gasteiger partial charge in [-0.25, -0.2) is 0 Å². The average molecular weight is 383 g/mol. The number of ether oxygens (including phenoxy) is 1. The minimum absolute atomic E-state index is 0.727. The van der Waals surface area contributed by atoms with E-state index in [0.29, 0.717) is 0 Å². The number of halogens is 2. The summed E-state index contributed by atoms with van der Waals surface area (Å²) in [6.07, 6.45) is 2.08. The van der Waals surface area contributed by atoms with Crippen molar-refractivity contribution < 1.29 is 4.74 Å². The molecule has 0 saturated carbocycles. The molecule has 0 saturated heterocycles. The molecule has 0 atom stereocenters. The van der Waals surface area contributed by atoms with Gasteiger partial charge in [0.05, 0.1) is 15.6 Å². The molecule has 1 rings (SSSR count). The van der Waals surface area contributed by atoms with Crippen LogP contribution in [0.3, 0.4) is 0 Å². The summed E-state index contributed by atoms with van der Waals surface area (Å²) < 4.78 is 7.73. The summed E-state index contributed by atoms with van der Waals surface area (Å²) in [5.74, 6) is 1.89. The summed E-state index contributed by atoms with van der Waals surface area (Å²) >= 11 is 8.89. The first-order valence-corrected chi connectivity index (χ1v) is 8.47. The van der Waals surface area contributed by atoms with E-state index in [2.05, 4.69) is 62.5 Å².